The molecule has 1 aromatic carbocycles. The van der Waals surface area contributed by atoms with Crippen LogP contribution in [0.2, 0.25) is 0 Å². The van der Waals surface area contributed by atoms with Crippen LogP contribution in [0, 0.1) is 6.92 Å². The highest BCUT2D eigenvalue weighted by Gasteiger charge is 2.05. The Morgan fingerprint density at radius 3 is 2.89 bits per heavy atom. The van der Waals surface area contributed by atoms with E-state index in [-0.39, 0.29) is 5.78 Å². The number of Topliss-reactive ketones (excluding diaryl/α,β-unsaturated/α-hetero) is 1. The summed E-state index contributed by atoms with van der Waals surface area (Å²) in [6.45, 7) is 2.06. The van der Waals surface area contributed by atoms with Crippen LogP contribution in [0.3, 0.4) is 0 Å². The van der Waals surface area contributed by atoms with Gasteiger partial charge in [-0.15, -0.1) is 11.8 Å². The molecule has 0 N–H and O–H groups in total. The summed E-state index contributed by atoms with van der Waals surface area (Å²) in [5.74, 6) is 0.743. The number of hydrogen-bond acceptors (Lipinski definition) is 3. The van der Waals surface area contributed by atoms with Crippen LogP contribution in [0.25, 0.3) is 0 Å². The van der Waals surface area contributed by atoms with E-state index in [9.17, 15) is 4.79 Å². The Labute approximate surface area is 111 Å². The lowest BCUT2D eigenvalue weighted by molar-refractivity contribution is -0.116. The van der Waals surface area contributed by atoms with E-state index in [1.807, 2.05) is 24.3 Å². The van der Waals surface area contributed by atoms with Crippen molar-refractivity contribution in [1.82, 2.24) is 4.98 Å². The zero-order valence-corrected chi connectivity index (χ0v) is 11.1. The lowest BCUT2D eigenvalue weighted by Crippen LogP contribution is -2.05. The van der Waals surface area contributed by atoms with Gasteiger partial charge < -0.3 is 0 Å². The number of benzene rings is 1. The third kappa shape index (κ3) is 4.00. The van der Waals surface area contributed by atoms with Crippen molar-refractivity contribution < 1.29 is 4.79 Å². The molecule has 0 aliphatic rings. The standard InChI is InChI=1S/C15H15NOS/c1-12-4-2-6-15(8-12)18-11-14(17)9-13-5-3-7-16-10-13/h2-8,10H,9,11H2,1H3. The average molecular weight is 257 g/mol. The van der Waals surface area contributed by atoms with Crippen LogP contribution in [-0.4, -0.2) is 16.5 Å². The smallest absolute Gasteiger partial charge is 0.147 e. The minimum absolute atomic E-state index is 0.231. The lowest BCUT2D eigenvalue weighted by atomic mass is 10.2. The van der Waals surface area contributed by atoms with Crippen LogP contribution in [-0.2, 0) is 11.2 Å². The SMILES string of the molecule is Cc1cccc(SCC(=O)Cc2cccnc2)c1. The molecule has 3 heteroatoms. The first-order valence-electron chi connectivity index (χ1n) is 5.84. The molecule has 0 spiro atoms. The maximum absolute atomic E-state index is 11.8. The second-order valence-corrected chi connectivity index (χ2v) is 5.23. The van der Waals surface area contributed by atoms with Crippen molar-refractivity contribution in [2.75, 3.05) is 5.75 Å². The summed E-state index contributed by atoms with van der Waals surface area (Å²) < 4.78 is 0. The number of aryl methyl sites for hydroxylation is 1. The molecule has 0 fully saturated rings. The molecule has 0 aliphatic heterocycles. The van der Waals surface area contributed by atoms with Gasteiger partial charge in [-0.3, -0.25) is 9.78 Å². The van der Waals surface area contributed by atoms with Crippen molar-refractivity contribution in [2.45, 2.75) is 18.2 Å². The normalized spacial score (nSPS) is 10.3. The largest absolute Gasteiger partial charge is 0.298 e. The summed E-state index contributed by atoms with van der Waals surface area (Å²) in [5, 5.41) is 0. The van der Waals surface area contributed by atoms with Gasteiger partial charge in [0.05, 0.1) is 5.75 Å². The number of rotatable bonds is 5. The maximum Gasteiger partial charge on any atom is 0.147 e. The summed E-state index contributed by atoms with van der Waals surface area (Å²) in [4.78, 5) is 17.0. The van der Waals surface area contributed by atoms with Gasteiger partial charge in [-0.1, -0.05) is 23.8 Å². The Morgan fingerprint density at radius 1 is 1.28 bits per heavy atom. The molecule has 0 aliphatic carbocycles. The number of carbonyl (C=O) groups is 1. The third-order valence-corrected chi connectivity index (χ3v) is 3.57. The molecule has 18 heavy (non-hydrogen) atoms. The fourth-order valence-corrected chi connectivity index (χ4v) is 2.52. The summed E-state index contributed by atoms with van der Waals surface area (Å²) >= 11 is 1.59. The van der Waals surface area contributed by atoms with E-state index >= 15 is 0 Å². The van der Waals surface area contributed by atoms with Gasteiger partial charge in [-0.25, -0.2) is 0 Å². The number of carbonyl (C=O) groups excluding carboxylic acids is 1. The van der Waals surface area contributed by atoms with Gasteiger partial charge in [-0.2, -0.15) is 0 Å². The molecule has 0 saturated heterocycles. The predicted molar refractivity (Wildman–Crippen MR) is 74.9 cm³/mol. The predicted octanol–water partition coefficient (Wildman–Crippen LogP) is 3.29. The second kappa shape index (κ2) is 6.36. The zero-order valence-electron chi connectivity index (χ0n) is 10.3. The molecule has 2 aromatic rings. The lowest BCUT2D eigenvalue weighted by Gasteiger charge is -2.02. The summed E-state index contributed by atoms with van der Waals surface area (Å²) in [5.41, 5.74) is 2.20. The molecule has 0 unspecified atom stereocenters. The highest BCUT2D eigenvalue weighted by Crippen LogP contribution is 2.19. The maximum atomic E-state index is 11.8. The molecule has 1 aromatic heterocycles. The van der Waals surface area contributed by atoms with Crippen LogP contribution in [0.4, 0.5) is 0 Å². The molecule has 0 atom stereocenters. The Hall–Kier alpha value is -1.61. The molecular weight excluding hydrogens is 242 g/mol. The van der Waals surface area contributed by atoms with E-state index in [1.54, 1.807) is 24.2 Å². The highest BCUT2D eigenvalue weighted by atomic mass is 32.2. The van der Waals surface area contributed by atoms with Gasteiger partial charge in [0, 0.05) is 23.7 Å². The Bertz CT molecular complexity index is 525. The number of pyridine rings is 1. The minimum Gasteiger partial charge on any atom is -0.298 e. The summed E-state index contributed by atoms with van der Waals surface area (Å²) in [6, 6.07) is 12.0. The Morgan fingerprint density at radius 2 is 2.17 bits per heavy atom. The first-order valence-corrected chi connectivity index (χ1v) is 6.82. The van der Waals surface area contributed by atoms with Crippen LogP contribution < -0.4 is 0 Å². The van der Waals surface area contributed by atoms with E-state index in [0.29, 0.717) is 12.2 Å². The molecule has 2 nitrogen and oxygen atoms in total. The van der Waals surface area contributed by atoms with Gasteiger partial charge >= 0.3 is 0 Å². The van der Waals surface area contributed by atoms with Gasteiger partial charge in [-0.05, 0) is 30.7 Å². The zero-order chi connectivity index (χ0) is 12.8. The highest BCUT2D eigenvalue weighted by molar-refractivity contribution is 8.00. The Kier molecular flexibility index (Phi) is 4.53. The first-order chi connectivity index (χ1) is 8.74. The molecule has 1 heterocycles. The van der Waals surface area contributed by atoms with Crippen LogP contribution >= 0.6 is 11.8 Å². The number of ketones is 1. The van der Waals surface area contributed by atoms with Crippen LogP contribution in [0.1, 0.15) is 11.1 Å². The van der Waals surface area contributed by atoms with E-state index in [0.717, 1.165) is 10.5 Å². The van der Waals surface area contributed by atoms with Crippen molar-refractivity contribution in [3.05, 3.63) is 59.9 Å². The molecule has 92 valence electrons. The molecule has 0 radical (unpaired) electrons. The quantitative estimate of drug-likeness (QED) is 0.770. The Balaban J connectivity index is 1.85. The number of hydrogen-bond donors (Lipinski definition) is 0. The van der Waals surface area contributed by atoms with E-state index < -0.39 is 0 Å². The summed E-state index contributed by atoms with van der Waals surface area (Å²) in [7, 11) is 0. The molecule has 0 saturated carbocycles. The molecule has 2 rings (SSSR count). The van der Waals surface area contributed by atoms with E-state index in [1.165, 1.54) is 5.56 Å². The fourth-order valence-electron chi connectivity index (χ4n) is 1.65. The van der Waals surface area contributed by atoms with Crippen molar-refractivity contribution in [3.8, 4) is 0 Å². The van der Waals surface area contributed by atoms with Crippen molar-refractivity contribution in [2.24, 2.45) is 0 Å². The van der Waals surface area contributed by atoms with Gasteiger partial charge in [0.1, 0.15) is 5.78 Å². The monoisotopic (exact) mass is 257 g/mol. The van der Waals surface area contributed by atoms with Crippen molar-refractivity contribution in [1.29, 1.82) is 0 Å². The third-order valence-electron chi connectivity index (χ3n) is 2.51. The van der Waals surface area contributed by atoms with Crippen molar-refractivity contribution in [3.63, 3.8) is 0 Å². The topological polar surface area (TPSA) is 30.0 Å². The number of nitrogens with zero attached hydrogens (tertiary/aromatic N) is 1. The molecular formula is C15H15NOS. The number of thioether (sulfide) groups is 1. The van der Waals surface area contributed by atoms with Crippen LogP contribution in [0.15, 0.2) is 53.7 Å². The molecule has 0 bridgehead atoms. The van der Waals surface area contributed by atoms with Gasteiger partial charge in [0.2, 0.25) is 0 Å². The fraction of sp³-hybridized carbons (Fsp3) is 0.200. The average Bonchev–Trinajstić information content (AvgIpc) is 2.38. The summed E-state index contributed by atoms with van der Waals surface area (Å²) in [6.07, 6.45) is 3.93. The van der Waals surface area contributed by atoms with Crippen molar-refractivity contribution >= 4 is 17.5 Å². The molecule has 0 amide bonds. The van der Waals surface area contributed by atoms with Gasteiger partial charge in [0.15, 0.2) is 0 Å². The number of aromatic nitrogens is 1. The first kappa shape index (κ1) is 12.8. The van der Waals surface area contributed by atoms with Crippen LogP contribution in [0.5, 0.6) is 0 Å². The minimum atomic E-state index is 0.231. The van der Waals surface area contributed by atoms with E-state index in [4.69, 9.17) is 0 Å². The van der Waals surface area contributed by atoms with Gasteiger partial charge in [0.25, 0.3) is 0 Å². The second-order valence-electron chi connectivity index (χ2n) is 4.18. The van der Waals surface area contributed by atoms with E-state index in [2.05, 4.69) is 24.0 Å².